The van der Waals surface area contributed by atoms with Crippen molar-refractivity contribution in [3.63, 3.8) is 0 Å². The lowest BCUT2D eigenvalue weighted by atomic mass is 9.89. The molecule has 5 aromatic rings. The number of fused-ring (bicyclic) bond motifs is 2. The van der Waals surface area contributed by atoms with Gasteiger partial charge in [-0.3, -0.25) is 39.3 Å². The third-order valence-electron chi connectivity index (χ3n) is 9.57. The molecule has 2 aliphatic heterocycles. The second-order valence-electron chi connectivity index (χ2n) is 13.4. The number of nitrogens with one attached hydrogen (secondary N) is 4. The Kier molecular flexibility index (Phi) is 9.95. The van der Waals surface area contributed by atoms with Gasteiger partial charge >= 0.3 is 0 Å². The lowest BCUT2D eigenvalue weighted by Crippen LogP contribution is -2.40. The predicted octanol–water partition coefficient (Wildman–Crippen LogP) is 5.13. The van der Waals surface area contributed by atoms with Crippen LogP contribution in [-0.2, 0) is 20.8 Å². The van der Waals surface area contributed by atoms with Gasteiger partial charge in [0.25, 0.3) is 11.8 Å². The number of amides is 5. The molecule has 2 aromatic carbocycles. The molecule has 0 spiro atoms. The lowest BCUT2D eigenvalue weighted by molar-refractivity contribution is -0.134. The molecule has 5 amide bonds. The Morgan fingerprint density at radius 2 is 1.81 bits per heavy atom. The third-order valence-corrected chi connectivity index (χ3v) is 9.57. The summed E-state index contributed by atoms with van der Waals surface area (Å²) in [5, 5.41) is 13.6. The van der Waals surface area contributed by atoms with E-state index in [1.54, 1.807) is 42.6 Å². The fourth-order valence-corrected chi connectivity index (χ4v) is 6.86. The standard InChI is InChI=1S/C41H38N8O5/c1-3-23-17-30(37-34(18-23)48-36(51)16-22(2)46-37)27-8-4-6-24-19-33(45-21-31(24)27)25-9-13-32(44-20-25)41(54)43-15-5-7-26-10-11-28(38(47-26)39(42)52)29-12-14-35(50)49-40(29)53/h4-11,13,17-22,29,46H,3,12,14-16H2,1-2H3,(H2,42,52)(H,43,54)(H,48,51)(H,49,50,53)/b7-5+/t22-,29?/m1/s1. The molecule has 0 aliphatic carbocycles. The largest absolute Gasteiger partial charge is 0.380 e. The normalized spacial score (nSPS) is 17.0. The number of anilines is 2. The van der Waals surface area contributed by atoms with Gasteiger partial charge in [0.1, 0.15) is 11.4 Å². The number of pyridine rings is 3. The molecule has 1 unspecified atom stereocenters. The Morgan fingerprint density at radius 1 is 0.963 bits per heavy atom. The molecular formula is C41H38N8O5. The van der Waals surface area contributed by atoms with E-state index in [2.05, 4.69) is 50.3 Å². The van der Waals surface area contributed by atoms with Crippen molar-refractivity contribution in [1.82, 2.24) is 25.6 Å². The number of rotatable bonds is 9. The average Bonchev–Trinajstić information content (AvgIpc) is 3.31. The minimum absolute atomic E-state index is 0.0160. The maximum absolute atomic E-state index is 12.9. The zero-order valence-corrected chi connectivity index (χ0v) is 29.7. The number of primary amides is 1. The van der Waals surface area contributed by atoms with Crippen LogP contribution in [0.4, 0.5) is 11.4 Å². The summed E-state index contributed by atoms with van der Waals surface area (Å²) in [6, 6.07) is 19.0. The van der Waals surface area contributed by atoms with E-state index in [-0.39, 0.29) is 54.5 Å². The van der Waals surface area contributed by atoms with Gasteiger partial charge < -0.3 is 21.7 Å². The molecular weight excluding hydrogens is 685 g/mol. The highest BCUT2D eigenvalue weighted by Gasteiger charge is 2.31. The third kappa shape index (κ3) is 7.42. The van der Waals surface area contributed by atoms with E-state index >= 15 is 0 Å². The smallest absolute Gasteiger partial charge is 0.270 e. The summed E-state index contributed by atoms with van der Waals surface area (Å²) in [5.74, 6) is -2.72. The van der Waals surface area contributed by atoms with Crippen LogP contribution in [0.25, 0.3) is 39.2 Å². The summed E-state index contributed by atoms with van der Waals surface area (Å²) in [7, 11) is 0. The van der Waals surface area contributed by atoms with Gasteiger partial charge in [-0.1, -0.05) is 37.3 Å². The fourth-order valence-electron chi connectivity index (χ4n) is 6.86. The minimum Gasteiger partial charge on any atom is -0.380 e. The second kappa shape index (κ2) is 15.1. The summed E-state index contributed by atoms with van der Waals surface area (Å²) in [6.07, 6.45) is 8.37. The first-order chi connectivity index (χ1) is 26.1. The number of piperidine rings is 1. The summed E-state index contributed by atoms with van der Waals surface area (Å²) in [5.41, 5.74) is 12.8. The molecule has 2 aliphatic rings. The fraction of sp³-hybridized carbons (Fsp3) is 0.220. The van der Waals surface area contributed by atoms with Crippen molar-refractivity contribution in [1.29, 1.82) is 0 Å². The molecule has 13 nitrogen and oxygen atoms in total. The Hall–Kier alpha value is -6.76. The van der Waals surface area contributed by atoms with Crippen LogP contribution in [0.2, 0.25) is 0 Å². The van der Waals surface area contributed by atoms with Gasteiger partial charge in [-0.25, -0.2) is 4.98 Å². The second-order valence-corrected chi connectivity index (χ2v) is 13.4. The van der Waals surface area contributed by atoms with Crippen LogP contribution in [0.15, 0.2) is 79.1 Å². The molecule has 0 bridgehead atoms. The van der Waals surface area contributed by atoms with E-state index in [1.807, 2.05) is 37.4 Å². The van der Waals surface area contributed by atoms with Gasteiger partial charge in [-0.05, 0) is 84.3 Å². The lowest BCUT2D eigenvalue weighted by Gasteiger charge is -2.22. The van der Waals surface area contributed by atoms with Crippen molar-refractivity contribution in [2.45, 2.75) is 51.5 Å². The van der Waals surface area contributed by atoms with Crippen LogP contribution in [-0.4, -0.2) is 57.1 Å². The first-order valence-electron chi connectivity index (χ1n) is 17.8. The Bertz CT molecular complexity index is 2370. The zero-order valence-electron chi connectivity index (χ0n) is 29.7. The first-order valence-corrected chi connectivity index (χ1v) is 17.8. The summed E-state index contributed by atoms with van der Waals surface area (Å²) >= 11 is 0. The minimum atomic E-state index is -0.785. The summed E-state index contributed by atoms with van der Waals surface area (Å²) in [4.78, 5) is 74.9. The highest BCUT2D eigenvalue weighted by atomic mass is 16.2. The van der Waals surface area contributed by atoms with Gasteiger partial charge in [0.05, 0.1) is 28.7 Å². The van der Waals surface area contributed by atoms with Gasteiger partial charge in [-0.15, -0.1) is 0 Å². The average molecular weight is 723 g/mol. The van der Waals surface area contributed by atoms with E-state index < -0.39 is 17.7 Å². The highest BCUT2D eigenvalue weighted by molar-refractivity contribution is 6.06. The number of hydrogen-bond acceptors (Lipinski definition) is 9. The monoisotopic (exact) mass is 722 g/mol. The molecule has 1 fully saturated rings. The molecule has 2 atom stereocenters. The van der Waals surface area contributed by atoms with Crippen LogP contribution in [0.1, 0.15) is 76.8 Å². The van der Waals surface area contributed by atoms with Crippen molar-refractivity contribution >= 4 is 57.8 Å². The van der Waals surface area contributed by atoms with E-state index in [0.29, 0.717) is 23.4 Å². The van der Waals surface area contributed by atoms with Gasteiger partial charge in [0.15, 0.2) is 0 Å². The number of nitrogens with two attached hydrogens (primary N) is 1. The van der Waals surface area contributed by atoms with Crippen LogP contribution in [0, 0.1) is 0 Å². The van der Waals surface area contributed by atoms with E-state index in [0.717, 1.165) is 50.8 Å². The van der Waals surface area contributed by atoms with Gasteiger partial charge in [-0.2, -0.15) is 0 Å². The number of benzene rings is 2. The molecule has 3 aromatic heterocycles. The number of hydrogen-bond donors (Lipinski definition) is 5. The molecule has 0 saturated carbocycles. The molecule has 272 valence electrons. The van der Waals surface area contributed by atoms with E-state index in [4.69, 9.17) is 10.7 Å². The van der Waals surface area contributed by atoms with Crippen molar-refractivity contribution in [3.05, 3.63) is 107 Å². The summed E-state index contributed by atoms with van der Waals surface area (Å²) in [6.45, 7) is 4.25. The molecule has 5 heterocycles. The number of aryl methyl sites for hydroxylation is 1. The van der Waals surface area contributed by atoms with Crippen LogP contribution >= 0.6 is 0 Å². The van der Waals surface area contributed by atoms with Crippen molar-refractivity contribution < 1.29 is 24.0 Å². The van der Waals surface area contributed by atoms with Crippen LogP contribution in [0.3, 0.4) is 0 Å². The number of imide groups is 1. The molecule has 6 N–H and O–H groups in total. The molecule has 1 saturated heterocycles. The molecule has 54 heavy (non-hydrogen) atoms. The summed E-state index contributed by atoms with van der Waals surface area (Å²) < 4.78 is 0. The highest BCUT2D eigenvalue weighted by Crippen LogP contribution is 2.41. The number of carbonyl (C=O) groups is 5. The maximum Gasteiger partial charge on any atom is 0.270 e. The molecule has 0 radical (unpaired) electrons. The van der Waals surface area contributed by atoms with E-state index in [9.17, 15) is 24.0 Å². The van der Waals surface area contributed by atoms with Gasteiger partial charge in [0.2, 0.25) is 17.7 Å². The van der Waals surface area contributed by atoms with Gasteiger partial charge in [0, 0.05) is 54.3 Å². The maximum atomic E-state index is 12.9. The topological polar surface area (TPSA) is 198 Å². The number of carbonyl (C=O) groups excluding carboxylic acids is 5. The van der Waals surface area contributed by atoms with Crippen molar-refractivity contribution in [2.24, 2.45) is 5.73 Å². The van der Waals surface area contributed by atoms with Crippen molar-refractivity contribution in [2.75, 3.05) is 17.2 Å². The van der Waals surface area contributed by atoms with E-state index in [1.165, 1.54) is 0 Å². The Morgan fingerprint density at radius 3 is 2.57 bits per heavy atom. The molecule has 13 heteroatoms. The first kappa shape index (κ1) is 35.6. The van der Waals surface area contributed by atoms with Crippen LogP contribution in [0.5, 0.6) is 0 Å². The predicted molar refractivity (Wildman–Crippen MR) is 205 cm³/mol. The Balaban J connectivity index is 1.04. The number of nitrogens with zero attached hydrogens (tertiary/aromatic N) is 3. The van der Waals surface area contributed by atoms with Crippen LogP contribution < -0.4 is 27.0 Å². The van der Waals surface area contributed by atoms with Crippen molar-refractivity contribution in [3.8, 4) is 22.4 Å². The number of aromatic nitrogens is 3. The molecule has 7 rings (SSSR count). The Labute approximate surface area is 310 Å². The zero-order chi connectivity index (χ0) is 37.9. The quantitative estimate of drug-likeness (QED) is 0.128. The SMILES string of the molecule is CCc1cc2c(c(-c3cccc4cc(-c5ccc(C(=O)NC/C=C/c6ccc(C7CCC(=O)NC7=O)c(C(N)=O)n6)nc5)ncc34)c1)N[C@H](C)CC(=O)N2.